The monoisotopic (exact) mass is 189 g/mol. The van der Waals surface area contributed by atoms with Crippen molar-refractivity contribution >= 4 is 5.91 Å². The Morgan fingerprint density at radius 1 is 1.46 bits per heavy atom. The number of carbonyl (C=O) groups is 1. The first kappa shape index (κ1) is 14.9. The third-order valence-corrected chi connectivity index (χ3v) is 1.59. The molecule has 0 aliphatic heterocycles. The maximum atomic E-state index is 10.7. The number of carbonyl (C=O) groups excluding carboxylic acids is 1. The van der Waals surface area contributed by atoms with Gasteiger partial charge in [-0.3, -0.25) is 4.79 Å². The van der Waals surface area contributed by atoms with Gasteiger partial charge in [-0.2, -0.15) is 0 Å². The molecule has 0 saturated heterocycles. The molecule has 0 heterocycles. The lowest BCUT2D eigenvalue weighted by atomic mass is 10.1. The highest BCUT2D eigenvalue weighted by Gasteiger charge is 2.07. The number of rotatable bonds is 5. The highest BCUT2D eigenvalue weighted by Crippen LogP contribution is 2.03. The fraction of sp³-hybridized carbons (Fsp3) is 0.900. The normalized spacial score (nSPS) is 11.2. The van der Waals surface area contributed by atoms with Crippen LogP contribution in [0.1, 0.15) is 46.5 Å². The number of amides is 1. The summed E-state index contributed by atoms with van der Waals surface area (Å²) in [5.41, 5.74) is 0. The summed E-state index contributed by atoms with van der Waals surface area (Å²) >= 11 is 0. The van der Waals surface area contributed by atoms with Crippen LogP contribution in [0.4, 0.5) is 0 Å². The largest absolute Gasteiger partial charge is 0.393 e. The van der Waals surface area contributed by atoms with E-state index in [0.717, 1.165) is 19.3 Å². The van der Waals surface area contributed by atoms with E-state index >= 15 is 0 Å². The molecule has 0 bridgehead atoms. The summed E-state index contributed by atoms with van der Waals surface area (Å²) in [5.74, 6) is -0.0893. The van der Waals surface area contributed by atoms with E-state index < -0.39 is 6.10 Å². The van der Waals surface area contributed by atoms with Crippen LogP contribution in [0, 0.1) is 0 Å². The standard InChI is InChI=1S/C8H17NO2.C2H6/c1-3-4-5-7(10)6-8(11)9-2;1-2/h7,10H,3-6H2,1-2H3,(H,9,11);1-2H3. The zero-order valence-corrected chi connectivity index (χ0v) is 9.26. The molecular formula is C10H23NO2. The van der Waals surface area contributed by atoms with Crippen LogP contribution in [-0.2, 0) is 4.79 Å². The molecule has 0 rings (SSSR count). The maximum Gasteiger partial charge on any atom is 0.222 e. The molecular weight excluding hydrogens is 166 g/mol. The van der Waals surface area contributed by atoms with Gasteiger partial charge in [-0.1, -0.05) is 33.6 Å². The van der Waals surface area contributed by atoms with Crippen molar-refractivity contribution in [2.45, 2.75) is 52.6 Å². The van der Waals surface area contributed by atoms with Crippen LogP contribution < -0.4 is 5.32 Å². The summed E-state index contributed by atoms with van der Waals surface area (Å²) in [4.78, 5) is 10.7. The molecule has 80 valence electrons. The minimum atomic E-state index is -0.463. The van der Waals surface area contributed by atoms with Gasteiger partial charge in [0.2, 0.25) is 5.91 Å². The summed E-state index contributed by atoms with van der Waals surface area (Å²) in [5, 5.41) is 11.7. The van der Waals surface area contributed by atoms with Crippen LogP contribution in [0.25, 0.3) is 0 Å². The first-order chi connectivity index (χ1) is 6.20. The Bertz CT molecular complexity index is 115. The van der Waals surface area contributed by atoms with E-state index in [1.54, 1.807) is 7.05 Å². The van der Waals surface area contributed by atoms with Gasteiger partial charge < -0.3 is 10.4 Å². The summed E-state index contributed by atoms with van der Waals surface area (Å²) in [6, 6.07) is 0. The van der Waals surface area contributed by atoms with Crippen LogP contribution >= 0.6 is 0 Å². The molecule has 3 nitrogen and oxygen atoms in total. The van der Waals surface area contributed by atoms with Gasteiger partial charge in [-0.25, -0.2) is 0 Å². The van der Waals surface area contributed by atoms with Crippen LogP contribution in [0.3, 0.4) is 0 Å². The molecule has 0 aromatic heterocycles. The Labute approximate surface area is 81.5 Å². The number of hydrogen-bond acceptors (Lipinski definition) is 2. The Kier molecular flexibility index (Phi) is 13.1. The highest BCUT2D eigenvalue weighted by atomic mass is 16.3. The average Bonchev–Trinajstić information content (AvgIpc) is 2.17. The molecule has 3 heteroatoms. The smallest absolute Gasteiger partial charge is 0.222 e. The molecule has 0 radical (unpaired) electrons. The molecule has 0 spiro atoms. The second-order valence-electron chi connectivity index (χ2n) is 2.67. The SMILES string of the molecule is CC.CCCCC(O)CC(=O)NC. The zero-order valence-electron chi connectivity index (χ0n) is 9.26. The van der Waals surface area contributed by atoms with Gasteiger partial charge in [-0.15, -0.1) is 0 Å². The predicted molar refractivity (Wildman–Crippen MR) is 55.6 cm³/mol. The third kappa shape index (κ3) is 11.4. The molecule has 0 aromatic rings. The first-order valence-corrected chi connectivity index (χ1v) is 5.09. The van der Waals surface area contributed by atoms with Crippen LogP contribution in [-0.4, -0.2) is 24.2 Å². The van der Waals surface area contributed by atoms with Gasteiger partial charge in [0.05, 0.1) is 12.5 Å². The Morgan fingerprint density at radius 2 is 2.00 bits per heavy atom. The Morgan fingerprint density at radius 3 is 2.38 bits per heavy atom. The van der Waals surface area contributed by atoms with E-state index in [-0.39, 0.29) is 12.3 Å². The number of unbranched alkanes of at least 4 members (excludes halogenated alkanes) is 1. The molecule has 2 N–H and O–H groups in total. The molecule has 13 heavy (non-hydrogen) atoms. The summed E-state index contributed by atoms with van der Waals surface area (Å²) < 4.78 is 0. The number of nitrogens with one attached hydrogen (secondary N) is 1. The molecule has 1 unspecified atom stereocenters. The highest BCUT2D eigenvalue weighted by molar-refractivity contribution is 5.75. The van der Waals surface area contributed by atoms with Crippen LogP contribution in [0.2, 0.25) is 0 Å². The van der Waals surface area contributed by atoms with Gasteiger partial charge in [0.25, 0.3) is 0 Å². The number of aliphatic hydroxyl groups excluding tert-OH is 1. The van der Waals surface area contributed by atoms with Crippen molar-refractivity contribution < 1.29 is 9.90 Å². The van der Waals surface area contributed by atoms with Crippen molar-refractivity contribution in [1.82, 2.24) is 5.32 Å². The fourth-order valence-corrected chi connectivity index (χ4v) is 0.858. The zero-order chi connectivity index (χ0) is 10.7. The second-order valence-corrected chi connectivity index (χ2v) is 2.67. The lowest BCUT2D eigenvalue weighted by Gasteiger charge is -2.07. The van der Waals surface area contributed by atoms with E-state index in [1.165, 1.54) is 0 Å². The quantitative estimate of drug-likeness (QED) is 0.691. The van der Waals surface area contributed by atoms with Crippen molar-refractivity contribution in [2.24, 2.45) is 0 Å². The van der Waals surface area contributed by atoms with Crippen molar-refractivity contribution in [3.05, 3.63) is 0 Å². The minimum Gasteiger partial charge on any atom is -0.393 e. The van der Waals surface area contributed by atoms with Crippen molar-refractivity contribution in [3.63, 3.8) is 0 Å². The molecule has 0 aromatic carbocycles. The van der Waals surface area contributed by atoms with E-state index in [4.69, 9.17) is 0 Å². The van der Waals surface area contributed by atoms with Gasteiger partial charge in [-0.05, 0) is 6.42 Å². The first-order valence-electron chi connectivity index (χ1n) is 5.09. The topological polar surface area (TPSA) is 49.3 Å². The summed E-state index contributed by atoms with van der Waals surface area (Å²) in [6.07, 6.45) is 2.54. The Hall–Kier alpha value is -0.570. The summed E-state index contributed by atoms with van der Waals surface area (Å²) in [7, 11) is 1.58. The van der Waals surface area contributed by atoms with Crippen molar-refractivity contribution in [2.75, 3.05) is 7.05 Å². The van der Waals surface area contributed by atoms with Gasteiger partial charge in [0.1, 0.15) is 0 Å². The molecule has 1 amide bonds. The molecule has 0 aliphatic rings. The van der Waals surface area contributed by atoms with E-state index in [2.05, 4.69) is 12.2 Å². The Balaban J connectivity index is 0. The summed E-state index contributed by atoms with van der Waals surface area (Å²) in [6.45, 7) is 6.06. The second kappa shape index (κ2) is 11.4. The molecule has 0 aliphatic carbocycles. The predicted octanol–water partition coefficient (Wildman–Crippen LogP) is 1.70. The van der Waals surface area contributed by atoms with E-state index in [9.17, 15) is 9.90 Å². The molecule has 1 atom stereocenters. The third-order valence-electron chi connectivity index (χ3n) is 1.59. The van der Waals surface area contributed by atoms with Gasteiger partial charge in [0.15, 0.2) is 0 Å². The van der Waals surface area contributed by atoms with Crippen LogP contribution in [0.5, 0.6) is 0 Å². The van der Waals surface area contributed by atoms with Gasteiger partial charge >= 0.3 is 0 Å². The maximum absolute atomic E-state index is 10.7. The van der Waals surface area contributed by atoms with Crippen LogP contribution in [0.15, 0.2) is 0 Å². The molecule has 0 saturated carbocycles. The average molecular weight is 189 g/mol. The lowest BCUT2D eigenvalue weighted by Crippen LogP contribution is -2.23. The van der Waals surface area contributed by atoms with E-state index in [0.29, 0.717) is 0 Å². The number of hydrogen-bond donors (Lipinski definition) is 2. The van der Waals surface area contributed by atoms with E-state index in [1.807, 2.05) is 13.8 Å². The fourth-order valence-electron chi connectivity index (χ4n) is 0.858. The number of aliphatic hydroxyl groups is 1. The van der Waals surface area contributed by atoms with Crippen molar-refractivity contribution in [1.29, 1.82) is 0 Å². The lowest BCUT2D eigenvalue weighted by molar-refractivity contribution is -0.122. The molecule has 0 fully saturated rings. The van der Waals surface area contributed by atoms with Crippen molar-refractivity contribution in [3.8, 4) is 0 Å². The van der Waals surface area contributed by atoms with Gasteiger partial charge in [0, 0.05) is 7.05 Å². The minimum absolute atomic E-state index is 0.0893.